The largest absolute Gasteiger partial charge is 0.457 e. The van der Waals surface area contributed by atoms with Crippen molar-refractivity contribution in [1.29, 1.82) is 0 Å². The Morgan fingerprint density at radius 1 is 1.08 bits per heavy atom. The summed E-state index contributed by atoms with van der Waals surface area (Å²) in [4.78, 5) is 12.5. The van der Waals surface area contributed by atoms with Crippen molar-refractivity contribution in [3.63, 3.8) is 0 Å². The number of carbonyl (C=O) groups excluding carboxylic acids is 1. The Labute approximate surface area is 142 Å². The Morgan fingerprint density at radius 3 is 2.38 bits per heavy atom. The highest BCUT2D eigenvalue weighted by Crippen LogP contribution is 2.33. The first-order valence-corrected chi connectivity index (χ1v) is 7.96. The minimum absolute atomic E-state index is 0.0489. The molecule has 4 heteroatoms. The standard InChI is InChI=1S/C20H21N2O2/c1-16(23)22(14-6-5-7-18(22)15-21)17-10-12-20(13-11-17)24-19-8-3-2-4-9-19/h2-13H,14-15,21H2,1H3/q+1. The fraction of sp³-hybridized carbons (Fsp3) is 0.150. The van der Waals surface area contributed by atoms with Crippen LogP contribution in [0.25, 0.3) is 0 Å². The molecular weight excluding hydrogens is 300 g/mol. The van der Waals surface area contributed by atoms with Crippen LogP contribution in [0.2, 0.25) is 0 Å². The Morgan fingerprint density at radius 2 is 1.75 bits per heavy atom. The summed E-state index contributed by atoms with van der Waals surface area (Å²) < 4.78 is 5.96. The molecule has 0 bridgehead atoms. The Hall–Kier alpha value is -2.69. The molecule has 2 aromatic carbocycles. The van der Waals surface area contributed by atoms with Crippen molar-refractivity contribution in [3.05, 3.63) is 78.5 Å². The smallest absolute Gasteiger partial charge is 0.320 e. The van der Waals surface area contributed by atoms with Crippen LogP contribution in [0.5, 0.6) is 11.5 Å². The first-order chi connectivity index (χ1) is 11.7. The van der Waals surface area contributed by atoms with Crippen LogP contribution in [0.15, 0.2) is 78.5 Å². The van der Waals surface area contributed by atoms with Gasteiger partial charge in [0.25, 0.3) is 0 Å². The molecule has 1 atom stereocenters. The van der Waals surface area contributed by atoms with Crippen LogP contribution >= 0.6 is 0 Å². The van der Waals surface area contributed by atoms with E-state index in [0.29, 0.717) is 13.1 Å². The van der Waals surface area contributed by atoms with Crippen molar-refractivity contribution in [2.24, 2.45) is 5.73 Å². The van der Waals surface area contributed by atoms with Crippen LogP contribution in [0.4, 0.5) is 5.69 Å². The van der Waals surface area contributed by atoms with Gasteiger partial charge in [-0.2, -0.15) is 4.48 Å². The minimum atomic E-state index is 0.0489. The molecule has 1 heterocycles. The monoisotopic (exact) mass is 321 g/mol. The molecular formula is C20H21N2O2+. The van der Waals surface area contributed by atoms with Gasteiger partial charge in [-0.25, -0.2) is 4.79 Å². The molecule has 3 rings (SSSR count). The van der Waals surface area contributed by atoms with Crippen molar-refractivity contribution < 1.29 is 9.53 Å². The van der Waals surface area contributed by atoms with Gasteiger partial charge in [-0.05, 0) is 36.4 Å². The van der Waals surface area contributed by atoms with E-state index < -0.39 is 0 Å². The van der Waals surface area contributed by atoms with Crippen LogP contribution in [-0.2, 0) is 4.79 Å². The third-order valence-electron chi connectivity index (χ3n) is 4.30. The molecule has 0 aliphatic carbocycles. The summed E-state index contributed by atoms with van der Waals surface area (Å²) in [5, 5.41) is 0. The zero-order valence-corrected chi connectivity index (χ0v) is 13.7. The summed E-state index contributed by atoms with van der Waals surface area (Å²) in [6.07, 6.45) is 5.88. The predicted molar refractivity (Wildman–Crippen MR) is 96.6 cm³/mol. The fourth-order valence-electron chi connectivity index (χ4n) is 3.04. The summed E-state index contributed by atoms with van der Waals surface area (Å²) in [5.74, 6) is 1.56. The van der Waals surface area contributed by atoms with E-state index in [-0.39, 0.29) is 10.4 Å². The number of ether oxygens (including phenoxy) is 1. The molecule has 122 valence electrons. The average molecular weight is 321 g/mol. The molecule has 0 saturated carbocycles. The van der Waals surface area contributed by atoms with E-state index in [1.165, 1.54) is 0 Å². The van der Waals surface area contributed by atoms with Gasteiger partial charge in [0.1, 0.15) is 29.4 Å². The number of allylic oxidation sites excluding steroid dienone is 2. The molecule has 1 aliphatic rings. The van der Waals surface area contributed by atoms with E-state index in [1.807, 2.05) is 72.8 Å². The maximum Gasteiger partial charge on any atom is 0.320 e. The highest BCUT2D eigenvalue weighted by Gasteiger charge is 2.40. The summed E-state index contributed by atoms with van der Waals surface area (Å²) in [5.41, 5.74) is 7.67. The van der Waals surface area contributed by atoms with Crippen molar-refractivity contribution in [2.75, 3.05) is 13.1 Å². The molecule has 0 spiro atoms. The zero-order chi connectivity index (χ0) is 17.0. The third kappa shape index (κ3) is 2.89. The summed E-state index contributed by atoms with van der Waals surface area (Å²) in [6.45, 7) is 2.53. The van der Waals surface area contributed by atoms with Gasteiger partial charge in [0, 0.05) is 12.1 Å². The molecule has 0 fully saturated rings. The number of nitrogens with two attached hydrogens (primary N) is 1. The van der Waals surface area contributed by atoms with Crippen molar-refractivity contribution in [3.8, 4) is 11.5 Å². The van der Waals surface area contributed by atoms with Gasteiger partial charge in [0.2, 0.25) is 0 Å². The number of benzene rings is 2. The number of para-hydroxylation sites is 1. The normalized spacial score (nSPS) is 19.7. The molecule has 2 N–H and O–H groups in total. The predicted octanol–water partition coefficient (Wildman–Crippen LogP) is 3.75. The van der Waals surface area contributed by atoms with Crippen LogP contribution in [0.3, 0.4) is 0 Å². The topological polar surface area (TPSA) is 52.3 Å². The maximum absolute atomic E-state index is 12.5. The molecule has 2 aromatic rings. The lowest BCUT2D eigenvalue weighted by molar-refractivity contribution is -0.126. The summed E-state index contributed by atoms with van der Waals surface area (Å²) in [6, 6.07) is 17.3. The molecule has 0 radical (unpaired) electrons. The Balaban J connectivity index is 1.92. The van der Waals surface area contributed by atoms with E-state index in [9.17, 15) is 4.79 Å². The first kappa shape index (κ1) is 16.2. The molecule has 4 nitrogen and oxygen atoms in total. The highest BCUT2D eigenvalue weighted by atomic mass is 16.5. The first-order valence-electron chi connectivity index (χ1n) is 7.96. The fourth-order valence-corrected chi connectivity index (χ4v) is 3.04. The van der Waals surface area contributed by atoms with Gasteiger partial charge in [0.15, 0.2) is 0 Å². The number of quaternary nitrogens is 1. The quantitative estimate of drug-likeness (QED) is 0.873. The van der Waals surface area contributed by atoms with Crippen LogP contribution in [0, 0.1) is 0 Å². The lowest BCUT2D eigenvalue weighted by Crippen LogP contribution is -2.54. The number of rotatable bonds is 4. The lowest BCUT2D eigenvalue weighted by atomic mass is 10.1. The van der Waals surface area contributed by atoms with Gasteiger partial charge in [-0.3, -0.25) is 0 Å². The van der Waals surface area contributed by atoms with E-state index in [0.717, 1.165) is 22.9 Å². The van der Waals surface area contributed by atoms with E-state index in [2.05, 4.69) is 0 Å². The molecule has 0 aromatic heterocycles. The molecule has 24 heavy (non-hydrogen) atoms. The number of carbonyl (C=O) groups is 1. The van der Waals surface area contributed by atoms with Gasteiger partial charge in [-0.15, -0.1) is 0 Å². The van der Waals surface area contributed by atoms with Crippen molar-refractivity contribution >= 4 is 11.6 Å². The molecule has 1 unspecified atom stereocenters. The number of nitrogens with zero attached hydrogens (tertiary/aromatic N) is 1. The van der Waals surface area contributed by atoms with Gasteiger partial charge in [-0.1, -0.05) is 24.3 Å². The second kappa shape index (κ2) is 6.83. The van der Waals surface area contributed by atoms with Crippen LogP contribution in [-0.4, -0.2) is 19.0 Å². The third-order valence-corrected chi connectivity index (χ3v) is 4.30. The summed E-state index contributed by atoms with van der Waals surface area (Å²) in [7, 11) is 0. The summed E-state index contributed by atoms with van der Waals surface area (Å²) >= 11 is 0. The molecule has 1 amide bonds. The Kier molecular flexibility index (Phi) is 4.60. The van der Waals surface area contributed by atoms with Gasteiger partial charge in [0.05, 0.1) is 13.5 Å². The van der Waals surface area contributed by atoms with Crippen molar-refractivity contribution in [1.82, 2.24) is 4.48 Å². The average Bonchev–Trinajstić information content (AvgIpc) is 2.63. The van der Waals surface area contributed by atoms with Crippen LogP contribution < -0.4 is 15.0 Å². The van der Waals surface area contributed by atoms with Crippen LogP contribution in [0.1, 0.15) is 6.92 Å². The number of hydrogen-bond donors (Lipinski definition) is 1. The van der Waals surface area contributed by atoms with E-state index >= 15 is 0 Å². The van der Waals surface area contributed by atoms with Crippen molar-refractivity contribution in [2.45, 2.75) is 6.92 Å². The van der Waals surface area contributed by atoms with E-state index in [1.54, 1.807) is 6.92 Å². The Bertz CT molecular complexity index is 779. The van der Waals surface area contributed by atoms with E-state index in [4.69, 9.17) is 10.5 Å². The highest BCUT2D eigenvalue weighted by molar-refractivity contribution is 5.90. The maximum atomic E-state index is 12.5. The number of amides is 1. The lowest BCUT2D eigenvalue weighted by Gasteiger charge is -2.36. The SMILES string of the molecule is CC(=O)[N+]1(c2ccc(Oc3ccccc3)cc2)CC=CC=C1CN. The zero-order valence-electron chi connectivity index (χ0n) is 13.7. The van der Waals surface area contributed by atoms with Gasteiger partial charge < -0.3 is 10.5 Å². The molecule has 1 aliphatic heterocycles. The second-order valence-corrected chi connectivity index (χ2v) is 5.71. The number of hydrogen-bond acceptors (Lipinski definition) is 3. The molecule has 0 saturated heterocycles. The minimum Gasteiger partial charge on any atom is -0.457 e. The van der Waals surface area contributed by atoms with Gasteiger partial charge >= 0.3 is 5.91 Å². The second-order valence-electron chi connectivity index (χ2n) is 5.71.